The lowest BCUT2D eigenvalue weighted by Crippen LogP contribution is -2.01. The minimum Gasteiger partial charge on any atom is -0.507 e. The van der Waals surface area contributed by atoms with Crippen molar-refractivity contribution in [2.45, 2.75) is 12.8 Å². The van der Waals surface area contributed by atoms with Crippen molar-refractivity contribution in [1.82, 2.24) is 0 Å². The van der Waals surface area contributed by atoms with Crippen molar-refractivity contribution in [1.29, 1.82) is 0 Å². The molecule has 3 nitrogen and oxygen atoms in total. The molecule has 0 fully saturated rings. The number of ether oxygens (including phenoxy) is 1. The van der Waals surface area contributed by atoms with Crippen molar-refractivity contribution in [3.05, 3.63) is 54.1 Å². The van der Waals surface area contributed by atoms with Crippen LogP contribution in [0.5, 0.6) is 5.75 Å². The van der Waals surface area contributed by atoms with Gasteiger partial charge in [0, 0.05) is 12.0 Å². The second-order valence-electron chi connectivity index (χ2n) is 4.29. The molecule has 19 heavy (non-hydrogen) atoms. The van der Waals surface area contributed by atoms with Crippen LogP contribution in [-0.2, 0) is 16.0 Å². The third kappa shape index (κ3) is 3.35. The van der Waals surface area contributed by atoms with E-state index >= 15 is 0 Å². The molecule has 0 aromatic heterocycles. The molecule has 2 rings (SSSR count). The van der Waals surface area contributed by atoms with E-state index in [1.54, 1.807) is 12.1 Å². The lowest BCUT2D eigenvalue weighted by atomic mass is 10.0. The summed E-state index contributed by atoms with van der Waals surface area (Å²) in [6.45, 7) is 0. The van der Waals surface area contributed by atoms with Crippen LogP contribution < -0.4 is 0 Å². The van der Waals surface area contributed by atoms with Gasteiger partial charge >= 0.3 is 5.97 Å². The summed E-state index contributed by atoms with van der Waals surface area (Å²) >= 11 is 0. The Morgan fingerprint density at radius 3 is 2.42 bits per heavy atom. The zero-order chi connectivity index (χ0) is 13.7. The summed E-state index contributed by atoms with van der Waals surface area (Å²) in [4.78, 5) is 11.1. The van der Waals surface area contributed by atoms with Crippen LogP contribution in [0.2, 0.25) is 0 Å². The minimum atomic E-state index is -0.204. The van der Waals surface area contributed by atoms with E-state index in [0.29, 0.717) is 12.8 Å². The average molecular weight is 256 g/mol. The van der Waals surface area contributed by atoms with Crippen LogP contribution in [0.1, 0.15) is 12.0 Å². The number of phenols is 1. The minimum absolute atomic E-state index is 0.204. The number of rotatable bonds is 4. The van der Waals surface area contributed by atoms with Gasteiger partial charge in [-0.25, -0.2) is 0 Å². The Labute approximate surface area is 112 Å². The number of para-hydroxylation sites is 1. The molecular weight excluding hydrogens is 240 g/mol. The molecule has 2 aromatic rings. The first-order valence-electron chi connectivity index (χ1n) is 6.15. The predicted molar refractivity (Wildman–Crippen MR) is 73.9 cm³/mol. The zero-order valence-corrected chi connectivity index (χ0v) is 10.8. The summed E-state index contributed by atoms with van der Waals surface area (Å²) in [6, 6.07) is 15.0. The third-order valence-corrected chi connectivity index (χ3v) is 3.01. The third-order valence-electron chi connectivity index (χ3n) is 3.01. The van der Waals surface area contributed by atoms with E-state index in [4.69, 9.17) is 0 Å². The van der Waals surface area contributed by atoms with Crippen LogP contribution in [0.15, 0.2) is 48.5 Å². The monoisotopic (exact) mass is 256 g/mol. The van der Waals surface area contributed by atoms with E-state index in [-0.39, 0.29) is 11.7 Å². The summed E-state index contributed by atoms with van der Waals surface area (Å²) in [7, 11) is 1.39. The fraction of sp³-hybridized carbons (Fsp3) is 0.188. The highest BCUT2D eigenvalue weighted by Gasteiger charge is 2.04. The molecule has 0 aliphatic carbocycles. The van der Waals surface area contributed by atoms with E-state index < -0.39 is 0 Å². The molecular formula is C16H16O3. The van der Waals surface area contributed by atoms with E-state index in [1.165, 1.54) is 7.11 Å². The van der Waals surface area contributed by atoms with Gasteiger partial charge in [-0.3, -0.25) is 4.79 Å². The number of hydrogen-bond acceptors (Lipinski definition) is 3. The lowest BCUT2D eigenvalue weighted by Gasteiger charge is -2.06. The molecule has 0 saturated heterocycles. The van der Waals surface area contributed by atoms with Crippen LogP contribution in [0.4, 0.5) is 0 Å². The molecule has 0 radical (unpaired) electrons. The Balaban J connectivity index is 2.11. The van der Waals surface area contributed by atoms with Crippen molar-refractivity contribution in [2.75, 3.05) is 7.11 Å². The Bertz CT molecular complexity index is 558. The summed E-state index contributed by atoms with van der Waals surface area (Å²) < 4.78 is 4.61. The maximum absolute atomic E-state index is 11.1. The summed E-state index contributed by atoms with van der Waals surface area (Å²) in [5.41, 5.74) is 2.84. The van der Waals surface area contributed by atoms with Crippen LogP contribution >= 0.6 is 0 Å². The number of phenolic OH excluding ortho intramolecular Hbond substituents is 1. The summed E-state index contributed by atoms with van der Waals surface area (Å²) in [5, 5.41) is 9.78. The van der Waals surface area contributed by atoms with Crippen molar-refractivity contribution in [2.24, 2.45) is 0 Å². The summed E-state index contributed by atoms with van der Waals surface area (Å²) in [5.74, 6) is 0.0644. The van der Waals surface area contributed by atoms with Crippen molar-refractivity contribution >= 4 is 5.97 Å². The molecule has 2 aromatic carbocycles. The number of carbonyl (C=O) groups is 1. The molecule has 0 amide bonds. The zero-order valence-electron chi connectivity index (χ0n) is 10.8. The molecule has 0 atom stereocenters. The van der Waals surface area contributed by atoms with Gasteiger partial charge in [-0.05, 0) is 23.6 Å². The van der Waals surface area contributed by atoms with Gasteiger partial charge in [0.15, 0.2) is 0 Å². The topological polar surface area (TPSA) is 46.5 Å². The van der Waals surface area contributed by atoms with Crippen molar-refractivity contribution in [3.8, 4) is 16.9 Å². The van der Waals surface area contributed by atoms with Gasteiger partial charge in [0.25, 0.3) is 0 Å². The van der Waals surface area contributed by atoms with Gasteiger partial charge in [0.2, 0.25) is 0 Å². The Morgan fingerprint density at radius 2 is 1.79 bits per heavy atom. The molecule has 0 aliphatic rings. The molecule has 0 heterocycles. The van der Waals surface area contributed by atoms with Crippen LogP contribution in [0.25, 0.3) is 11.1 Å². The highest BCUT2D eigenvalue weighted by atomic mass is 16.5. The second-order valence-corrected chi connectivity index (χ2v) is 4.29. The molecule has 0 saturated carbocycles. The molecule has 98 valence electrons. The number of aromatic hydroxyl groups is 1. The lowest BCUT2D eigenvalue weighted by molar-refractivity contribution is -0.140. The Morgan fingerprint density at radius 1 is 1.11 bits per heavy atom. The average Bonchev–Trinajstić information content (AvgIpc) is 2.46. The number of hydrogen-bond donors (Lipinski definition) is 1. The van der Waals surface area contributed by atoms with Crippen LogP contribution in [-0.4, -0.2) is 18.2 Å². The maximum atomic E-state index is 11.1. The van der Waals surface area contributed by atoms with E-state index in [9.17, 15) is 9.90 Å². The van der Waals surface area contributed by atoms with Gasteiger partial charge in [0.1, 0.15) is 5.75 Å². The molecule has 0 bridgehead atoms. The Kier molecular flexibility index (Phi) is 4.18. The van der Waals surface area contributed by atoms with Gasteiger partial charge in [-0.2, -0.15) is 0 Å². The SMILES string of the molecule is COC(=O)CCc1ccc(-c2ccccc2O)cc1. The van der Waals surface area contributed by atoms with E-state index in [1.807, 2.05) is 36.4 Å². The van der Waals surface area contributed by atoms with Gasteiger partial charge in [-0.1, -0.05) is 42.5 Å². The van der Waals surface area contributed by atoms with Crippen LogP contribution in [0, 0.1) is 0 Å². The van der Waals surface area contributed by atoms with E-state index in [2.05, 4.69) is 4.74 Å². The quantitative estimate of drug-likeness (QED) is 0.855. The predicted octanol–water partition coefficient (Wildman–Crippen LogP) is 3.16. The number of methoxy groups -OCH3 is 1. The van der Waals surface area contributed by atoms with Crippen molar-refractivity contribution < 1.29 is 14.6 Å². The smallest absolute Gasteiger partial charge is 0.305 e. The van der Waals surface area contributed by atoms with Gasteiger partial charge < -0.3 is 9.84 Å². The molecule has 1 N–H and O–H groups in total. The van der Waals surface area contributed by atoms with Gasteiger partial charge in [0.05, 0.1) is 7.11 Å². The highest BCUT2D eigenvalue weighted by molar-refractivity contribution is 5.71. The maximum Gasteiger partial charge on any atom is 0.305 e. The largest absolute Gasteiger partial charge is 0.507 e. The fourth-order valence-electron chi connectivity index (χ4n) is 1.92. The highest BCUT2D eigenvalue weighted by Crippen LogP contribution is 2.28. The van der Waals surface area contributed by atoms with E-state index in [0.717, 1.165) is 16.7 Å². The molecule has 3 heteroatoms. The number of aryl methyl sites for hydroxylation is 1. The molecule has 0 aliphatic heterocycles. The van der Waals surface area contributed by atoms with Crippen molar-refractivity contribution in [3.63, 3.8) is 0 Å². The standard InChI is InChI=1S/C16H16O3/c1-19-16(18)11-8-12-6-9-13(10-7-12)14-4-2-3-5-15(14)17/h2-7,9-10,17H,8,11H2,1H3. The second kappa shape index (κ2) is 6.05. The van der Waals surface area contributed by atoms with Crippen LogP contribution in [0.3, 0.4) is 0 Å². The first kappa shape index (κ1) is 13.1. The Hall–Kier alpha value is -2.29. The summed E-state index contributed by atoms with van der Waals surface area (Å²) in [6.07, 6.45) is 1.04. The fourth-order valence-corrected chi connectivity index (χ4v) is 1.92. The number of esters is 1. The number of carbonyl (C=O) groups excluding carboxylic acids is 1. The first-order chi connectivity index (χ1) is 9.20. The number of benzene rings is 2. The molecule has 0 unspecified atom stereocenters. The van der Waals surface area contributed by atoms with Gasteiger partial charge in [-0.15, -0.1) is 0 Å². The molecule has 0 spiro atoms. The normalized spacial score (nSPS) is 10.2. The first-order valence-corrected chi connectivity index (χ1v) is 6.15.